The van der Waals surface area contributed by atoms with Crippen LogP contribution in [0.25, 0.3) is 34.0 Å². The fourth-order valence-electron chi connectivity index (χ4n) is 5.91. The molecule has 4 nitrogen and oxygen atoms in total. The van der Waals surface area contributed by atoms with E-state index in [1.807, 2.05) is 12.1 Å². The zero-order valence-electron chi connectivity index (χ0n) is 25.8. The zero-order valence-corrected chi connectivity index (χ0v) is 25.8. The van der Waals surface area contributed by atoms with Crippen LogP contribution in [-0.4, -0.2) is 18.3 Å². The number of rotatable bonds is 13. The lowest BCUT2D eigenvalue weighted by molar-refractivity contribution is -0.688. The monoisotopic (exact) mass is 581 g/mol. The van der Waals surface area contributed by atoms with Gasteiger partial charge in [0.05, 0.1) is 19.2 Å². The van der Waals surface area contributed by atoms with Gasteiger partial charge in [-0.2, -0.15) is 4.57 Å². The van der Waals surface area contributed by atoms with Gasteiger partial charge in [-0.25, -0.2) is 0 Å². The van der Waals surface area contributed by atoms with E-state index < -0.39 is 0 Å². The van der Waals surface area contributed by atoms with Gasteiger partial charge in [0, 0.05) is 41.1 Å². The first-order chi connectivity index (χ1) is 21.7. The number of ether oxygens (including phenoxy) is 2. The van der Waals surface area contributed by atoms with Crippen molar-refractivity contribution in [3.8, 4) is 11.5 Å². The SMILES string of the molecule is CCCCOc1ccc2c3cc[n+](Cc4ccccc4)c(/C=C/c4ccc(OC)cc4)c3n(CCCc3ccccc3)c2c1. The van der Waals surface area contributed by atoms with Gasteiger partial charge in [0.2, 0.25) is 5.69 Å². The topological polar surface area (TPSA) is 27.3 Å². The van der Waals surface area contributed by atoms with Crippen LogP contribution in [0.5, 0.6) is 11.5 Å². The van der Waals surface area contributed by atoms with Crippen LogP contribution in [0.15, 0.2) is 115 Å². The standard InChI is InChI=1S/C40H41N2O2/c1-3-4-28-44-35-22-23-36-37-25-27-41(30-33-14-9-6-10-15-33)38(24-19-32-17-20-34(43-2)21-18-32)40(37)42(39(36)29-35)26-11-16-31-12-7-5-8-13-31/h5-10,12-15,17-25,27,29H,3-4,11,16,26,28,30H2,1-2H3/q+1/b24-19+. The second-order valence-corrected chi connectivity index (χ2v) is 11.3. The molecule has 0 amide bonds. The Morgan fingerprint density at radius 3 is 2.18 bits per heavy atom. The van der Waals surface area contributed by atoms with Gasteiger partial charge in [-0.15, -0.1) is 0 Å². The Kier molecular flexibility index (Phi) is 9.37. The van der Waals surface area contributed by atoms with E-state index in [9.17, 15) is 0 Å². The molecule has 2 aromatic heterocycles. The highest BCUT2D eigenvalue weighted by Crippen LogP contribution is 2.34. The number of hydrogen-bond donors (Lipinski definition) is 0. The number of hydrogen-bond acceptors (Lipinski definition) is 2. The highest BCUT2D eigenvalue weighted by Gasteiger charge is 2.22. The predicted octanol–water partition coefficient (Wildman–Crippen LogP) is 9.12. The van der Waals surface area contributed by atoms with Crippen LogP contribution >= 0.6 is 0 Å². The summed E-state index contributed by atoms with van der Waals surface area (Å²) >= 11 is 0. The van der Waals surface area contributed by atoms with Crippen molar-refractivity contribution >= 4 is 34.0 Å². The first-order valence-electron chi connectivity index (χ1n) is 15.7. The van der Waals surface area contributed by atoms with Gasteiger partial charge >= 0.3 is 0 Å². The molecule has 6 rings (SSSR count). The van der Waals surface area contributed by atoms with Crippen molar-refractivity contribution in [2.24, 2.45) is 0 Å². The Balaban J connectivity index is 1.49. The minimum absolute atomic E-state index is 0.739. The minimum Gasteiger partial charge on any atom is -0.497 e. The van der Waals surface area contributed by atoms with E-state index in [-0.39, 0.29) is 0 Å². The van der Waals surface area contributed by atoms with Crippen LogP contribution in [0.1, 0.15) is 48.6 Å². The zero-order chi connectivity index (χ0) is 30.1. The van der Waals surface area contributed by atoms with Crippen LogP contribution in [-0.2, 0) is 19.5 Å². The van der Waals surface area contributed by atoms with Crippen molar-refractivity contribution < 1.29 is 14.0 Å². The molecule has 4 heteroatoms. The molecule has 0 unspecified atom stereocenters. The van der Waals surface area contributed by atoms with Gasteiger partial charge in [-0.1, -0.05) is 86.1 Å². The van der Waals surface area contributed by atoms with Gasteiger partial charge in [-0.3, -0.25) is 0 Å². The van der Waals surface area contributed by atoms with Crippen molar-refractivity contribution in [2.75, 3.05) is 13.7 Å². The van der Waals surface area contributed by atoms with Gasteiger partial charge in [0.15, 0.2) is 12.7 Å². The number of nitrogens with zero attached hydrogens (tertiary/aromatic N) is 2. The molecule has 2 heterocycles. The molecule has 0 aliphatic carbocycles. The predicted molar refractivity (Wildman–Crippen MR) is 182 cm³/mol. The molecule has 0 spiro atoms. The van der Waals surface area contributed by atoms with Crippen molar-refractivity contribution in [1.82, 2.24) is 4.57 Å². The fourth-order valence-corrected chi connectivity index (χ4v) is 5.91. The Morgan fingerprint density at radius 1 is 0.727 bits per heavy atom. The van der Waals surface area contributed by atoms with Gasteiger partial charge in [0.25, 0.3) is 0 Å². The van der Waals surface area contributed by atoms with Crippen LogP contribution in [0.2, 0.25) is 0 Å². The summed E-state index contributed by atoms with van der Waals surface area (Å²) in [6.07, 6.45) is 11.0. The molecule has 6 aromatic rings. The normalized spacial score (nSPS) is 11.5. The Labute approximate surface area is 260 Å². The number of benzene rings is 4. The molecule has 4 aromatic carbocycles. The smallest absolute Gasteiger partial charge is 0.230 e. The third-order valence-corrected chi connectivity index (χ3v) is 8.25. The van der Waals surface area contributed by atoms with E-state index in [2.05, 4.69) is 131 Å². The molecular weight excluding hydrogens is 540 g/mol. The summed E-state index contributed by atoms with van der Waals surface area (Å²) in [6.45, 7) is 4.63. The minimum atomic E-state index is 0.739. The number of unbranched alkanes of at least 4 members (excludes halogenated alkanes) is 1. The van der Waals surface area contributed by atoms with Crippen molar-refractivity contribution in [3.05, 3.63) is 138 Å². The number of pyridine rings is 1. The van der Waals surface area contributed by atoms with Crippen molar-refractivity contribution in [1.29, 1.82) is 0 Å². The maximum atomic E-state index is 6.19. The summed E-state index contributed by atoms with van der Waals surface area (Å²) in [5.41, 5.74) is 7.43. The van der Waals surface area contributed by atoms with Crippen LogP contribution in [0, 0.1) is 0 Å². The summed E-state index contributed by atoms with van der Waals surface area (Å²) in [7, 11) is 1.70. The summed E-state index contributed by atoms with van der Waals surface area (Å²) in [5, 5.41) is 2.52. The van der Waals surface area contributed by atoms with Crippen LogP contribution in [0.4, 0.5) is 0 Å². The van der Waals surface area contributed by atoms with Crippen molar-refractivity contribution in [2.45, 2.75) is 45.7 Å². The Hall–Kier alpha value is -4.83. The molecule has 0 N–H and O–H groups in total. The number of aromatic nitrogens is 2. The first kappa shape index (κ1) is 29.3. The van der Waals surface area contributed by atoms with E-state index in [0.29, 0.717) is 0 Å². The highest BCUT2D eigenvalue weighted by molar-refractivity contribution is 6.10. The van der Waals surface area contributed by atoms with E-state index in [4.69, 9.17) is 9.47 Å². The van der Waals surface area contributed by atoms with Crippen LogP contribution < -0.4 is 14.0 Å². The average Bonchev–Trinajstić information content (AvgIpc) is 3.38. The molecule has 0 saturated carbocycles. The third-order valence-electron chi connectivity index (χ3n) is 8.25. The molecular formula is C40H41N2O2+. The fraction of sp³-hybridized carbons (Fsp3) is 0.225. The van der Waals surface area contributed by atoms with Crippen LogP contribution in [0.3, 0.4) is 0 Å². The molecule has 0 atom stereocenters. The highest BCUT2D eigenvalue weighted by atomic mass is 16.5. The number of aryl methyl sites for hydroxylation is 2. The molecule has 44 heavy (non-hydrogen) atoms. The maximum absolute atomic E-state index is 6.19. The van der Waals surface area contributed by atoms with E-state index >= 15 is 0 Å². The van der Waals surface area contributed by atoms with E-state index in [1.165, 1.54) is 38.6 Å². The molecule has 0 saturated heterocycles. The lowest BCUT2D eigenvalue weighted by atomic mass is 10.1. The average molecular weight is 582 g/mol. The van der Waals surface area contributed by atoms with Gasteiger partial charge < -0.3 is 14.0 Å². The molecule has 0 aliphatic rings. The third kappa shape index (κ3) is 6.70. The lowest BCUT2D eigenvalue weighted by Gasteiger charge is -2.11. The lowest BCUT2D eigenvalue weighted by Crippen LogP contribution is -2.37. The maximum Gasteiger partial charge on any atom is 0.230 e. The summed E-state index contributed by atoms with van der Waals surface area (Å²) in [6, 6.07) is 38.6. The second kappa shape index (κ2) is 14.1. The van der Waals surface area contributed by atoms with E-state index in [0.717, 1.165) is 62.4 Å². The van der Waals surface area contributed by atoms with Gasteiger partial charge in [-0.05, 0) is 60.7 Å². The molecule has 0 fully saturated rings. The number of fused-ring (bicyclic) bond motifs is 3. The van der Waals surface area contributed by atoms with E-state index in [1.54, 1.807) is 7.11 Å². The largest absolute Gasteiger partial charge is 0.497 e. The van der Waals surface area contributed by atoms with Crippen molar-refractivity contribution in [3.63, 3.8) is 0 Å². The summed E-state index contributed by atoms with van der Waals surface area (Å²) in [4.78, 5) is 0. The molecule has 0 aliphatic heterocycles. The quantitative estimate of drug-likeness (QED) is 0.100. The molecule has 0 bridgehead atoms. The first-order valence-corrected chi connectivity index (χ1v) is 15.7. The molecule has 0 radical (unpaired) electrons. The molecule has 222 valence electrons. The second-order valence-electron chi connectivity index (χ2n) is 11.3. The Morgan fingerprint density at radius 2 is 1.45 bits per heavy atom. The number of methoxy groups -OCH3 is 1. The Bertz CT molecular complexity index is 1840. The summed E-state index contributed by atoms with van der Waals surface area (Å²) in [5.74, 6) is 1.80. The van der Waals surface area contributed by atoms with Gasteiger partial charge in [0.1, 0.15) is 17.0 Å². The summed E-state index contributed by atoms with van der Waals surface area (Å²) < 4.78 is 16.5.